The number of unbranched alkanes of at least 4 members (excludes halogenated alkanes) is 2. The standard InChI is InChI=1S/C9H18F2O/c1-3-5-6-7-8(4-2)12-9(10)11/h8-9H,3-7H2,1-2H3. The van der Waals surface area contributed by atoms with Crippen molar-refractivity contribution in [2.75, 3.05) is 0 Å². The van der Waals surface area contributed by atoms with Gasteiger partial charge >= 0.3 is 6.61 Å². The van der Waals surface area contributed by atoms with E-state index < -0.39 is 6.61 Å². The number of halogens is 2. The molecule has 0 amide bonds. The third-order valence-electron chi connectivity index (χ3n) is 1.88. The molecule has 0 N–H and O–H groups in total. The fourth-order valence-corrected chi connectivity index (χ4v) is 1.14. The molecule has 0 radical (unpaired) electrons. The minimum atomic E-state index is -2.61. The largest absolute Gasteiger partial charge is 0.345 e. The van der Waals surface area contributed by atoms with Crippen LogP contribution in [0.2, 0.25) is 0 Å². The summed E-state index contributed by atoms with van der Waals surface area (Å²) < 4.78 is 27.9. The van der Waals surface area contributed by atoms with Gasteiger partial charge in [-0.1, -0.05) is 33.1 Å². The van der Waals surface area contributed by atoms with Crippen LogP contribution < -0.4 is 0 Å². The number of alkyl halides is 2. The van der Waals surface area contributed by atoms with Gasteiger partial charge in [0.2, 0.25) is 0 Å². The highest BCUT2D eigenvalue weighted by Crippen LogP contribution is 2.12. The molecule has 0 aromatic rings. The molecule has 0 spiro atoms. The van der Waals surface area contributed by atoms with Crippen molar-refractivity contribution in [2.24, 2.45) is 0 Å². The maximum atomic E-state index is 11.8. The topological polar surface area (TPSA) is 9.23 Å². The molecule has 1 atom stereocenters. The quantitative estimate of drug-likeness (QED) is 0.544. The van der Waals surface area contributed by atoms with Crippen LogP contribution in [0, 0.1) is 0 Å². The van der Waals surface area contributed by atoms with Gasteiger partial charge in [0.05, 0.1) is 6.10 Å². The van der Waals surface area contributed by atoms with E-state index >= 15 is 0 Å². The second kappa shape index (κ2) is 7.47. The molecule has 12 heavy (non-hydrogen) atoms. The van der Waals surface area contributed by atoms with Crippen LogP contribution in [0.1, 0.15) is 46.0 Å². The number of ether oxygens (including phenoxy) is 1. The zero-order valence-electron chi connectivity index (χ0n) is 7.85. The first-order chi connectivity index (χ1) is 5.70. The maximum absolute atomic E-state index is 11.8. The molecule has 1 unspecified atom stereocenters. The lowest BCUT2D eigenvalue weighted by Gasteiger charge is -2.14. The summed E-state index contributed by atoms with van der Waals surface area (Å²) >= 11 is 0. The summed E-state index contributed by atoms with van der Waals surface area (Å²) in [5.41, 5.74) is 0. The lowest BCUT2D eigenvalue weighted by atomic mass is 10.1. The fourth-order valence-electron chi connectivity index (χ4n) is 1.14. The lowest BCUT2D eigenvalue weighted by molar-refractivity contribution is -0.165. The maximum Gasteiger partial charge on any atom is 0.345 e. The van der Waals surface area contributed by atoms with Crippen molar-refractivity contribution in [3.63, 3.8) is 0 Å². The number of rotatable bonds is 7. The van der Waals surface area contributed by atoms with Gasteiger partial charge in [-0.3, -0.25) is 0 Å². The summed E-state index contributed by atoms with van der Waals surface area (Å²) in [4.78, 5) is 0. The van der Waals surface area contributed by atoms with Gasteiger partial charge in [-0.25, -0.2) is 0 Å². The van der Waals surface area contributed by atoms with Gasteiger partial charge in [0.1, 0.15) is 0 Å². The third-order valence-corrected chi connectivity index (χ3v) is 1.88. The highest BCUT2D eigenvalue weighted by Gasteiger charge is 2.11. The summed E-state index contributed by atoms with van der Waals surface area (Å²) in [6.07, 6.45) is 4.38. The van der Waals surface area contributed by atoms with Crippen LogP contribution in [0.25, 0.3) is 0 Å². The summed E-state index contributed by atoms with van der Waals surface area (Å²) in [5.74, 6) is 0. The van der Waals surface area contributed by atoms with Crippen LogP contribution in [0.4, 0.5) is 8.78 Å². The summed E-state index contributed by atoms with van der Waals surface area (Å²) in [5, 5.41) is 0. The van der Waals surface area contributed by atoms with Gasteiger partial charge in [-0.15, -0.1) is 0 Å². The SMILES string of the molecule is CCCCCC(CC)OC(F)F. The Morgan fingerprint density at radius 2 is 1.83 bits per heavy atom. The Balaban J connectivity index is 3.39. The highest BCUT2D eigenvalue weighted by atomic mass is 19.3. The van der Waals surface area contributed by atoms with Crippen molar-refractivity contribution >= 4 is 0 Å². The van der Waals surface area contributed by atoms with Crippen LogP contribution in [0.3, 0.4) is 0 Å². The fraction of sp³-hybridized carbons (Fsp3) is 1.00. The minimum absolute atomic E-state index is 0.253. The summed E-state index contributed by atoms with van der Waals surface area (Å²) in [6, 6.07) is 0. The Kier molecular flexibility index (Phi) is 7.36. The average molecular weight is 180 g/mol. The van der Waals surface area contributed by atoms with Gasteiger partial charge in [-0.2, -0.15) is 8.78 Å². The molecule has 0 saturated carbocycles. The van der Waals surface area contributed by atoms with Crippen LogP contribution in [-0.4, -0.2) is 12.7 Å². The Bertz CT molecular complexity index is 96.5. The van der Waals surface area contributed by atoms with Crippen molar-refractivity contribution in [3.05, 3.63) is 0 Å². The molecular formula is C9H18F2O. The van der Waals surface area contributed by atoms with E-state index in [1.54, 1.807) is 0 Å². The monoisotopic (exact) mass is 180 g/mol. The second-order valence-corrected chi connectivity index (χ2v) is 2.92. The molecule has 0 saturated heterocycles. The van der Waals surface area contributed by atoms with Crippen molar-refractivity contribution < 1.29 is 13.5 Å². The minimum Gasteiger partial charge on any atom is -0.320 e. The second-order valence-electron chi connectivity index (χ2n) is 2.92. The van der Waals surface area contributed by atoms with Crippen LogP contribution in [-0.2, 0) is 4.74 Å². The molecule has 0 aliphatic heterocycles. The molecular weight excluding hydrogens is 162 g/mol. The lowest BCUT2D eigenvalue weighted by Crippen LogP contribution is -2.15. The van der Waals surface area contributed by atoms with E-state index in [0.29, 0.717) is 6.42 Å². The van der Waals surface area contributed by atoms with Crippen LogP contribution >= 0.6 is 0 Å². The molecule has 0 aliphatic carbocycles. The van der Waals surface area contributed by atoms with Crippen molar-refractivity contribution in [1.29, 1.82) is 0 Å². The Hall–Kier alpha value is -0.180. The van der Waals surface area contributed by atoms with Crippen LogP contribution in [0.5, 0.6) is 0 Å². The van der Waals surface area contributed by atoms with Gasteiger partial charge in [-0.05, 0) is 12.8 Å². The van der Waals surface area contributed by atoms with Gasteiger partial charge in [0.25, 0.3) is 0 Å². The molecule has 0 aromatic heterocycles. The van der Waals surface area contributed by atoms with Crippen molar-refractivity contribution in [1.82, 2.24) is 0 Å². The molecule has 0 heterocycles. The first-order valence-electron chi connectivity index (χ1n) is 4.64. The van der Waals surface area contributed by atoms with E-state index in [1.165, 1.54) is 0 Å². The zero-order valence-corrected chi connectivity index (χ0v) is 7.85. The third kappa shape index (κ3) is 6.53. The predicted octanol–water partition coefficient (Wildman–Crippen LogP) is 3.58. The average Bonchev–Trinajstić information content (AvgIpc) is 2.02. The molecule has 0 bridgehead atoms. The van der Waals surface area contributed by atoms with Crippen molar-refractivity contribution in [2.45, 2.75) is 58.7 Å². The Labute approximate surface area is 73.1 Å². The van der Waals surface area contributed by atoms with E-state index in [0.717, 1.165) is 25.7 Å². The smallest absolute Gasteiger partial charge is 0.320 e. The van der Waals surface area contributed by atoms with E-state index in [4.69, 9.17) is 0 Å². The molecule has 3 heteroatoms. The van der Waals surface area contributed by atoms with E-state index in [2.05, 4.69) is 11.7 Å². The Morgan fingerprint density at radius 1 is 1.17 bits per heavy atom. The van der Waals surface area contributed by atoms with Gasteiger partial charge in [0.15, 0.2) is 0 Å². The normalized spacial score (nSPS) is 13.8. The summed E-state index contributed by atoms with van der Waals surface area (Å²) in [6.45, 7) is 1.35. The zero-order chi connectivity index (χ0) is 9.40. The Morgan fingerprint density at radius 3 is 2.25 bits per heavy atom. The van der Waals surface area contributed by atoms with E-state index in [-0.39, 0.29) is 6.10 Å². The molecule has 0 aromatic carbocycles. The molecule has 74 valence electrons. The van der Waals surface area contributed by atoms with E-state index in [9.17, 15) is 8.78 Å². The number of hydrogen-bond donors (Lipinski definition) is 0. The molecule has 0 aliphatic rings. The highest BCUT2D eigenvalue weighted by molar-refractivity contribution is 4.55. The van der Waals surface area contributed by atoms with Gasteiger partial charge < -0.3 is 4.74 Å². The number of hydrogen-bond acceptors (Lipinski definition) is 1. The van der Waals surface area contributed by atoms with Crippen molar-refractivity contribution in [3.8, 4) is 0 Å². The van der Waals surface area contributed by atoms with Crippen LogP contribution in [0.15, 0.2) is 0 Å². The molecule has 0 fully saturated rings. The van der Waals surface area contributed by atoms with E-state index in [1.807, 2.05) is 6.92 Å². The molecule has 0 rings (SSSR count). The summed E-state index contributed by atoms with van der Waals surface area (Å²) in [7, 11) is 0. The van der Waals surface area contributed by atoms with Gasteiger partial charge in [0, 0.05) is 0 Å². The first kappa shape index (κ1) is 11.8. The predicted molar refractivity (Wildman–Crippen MR) is 45.3 cm³/mol. The molecule has 1 nitrogen and oxygen atoms in total. The first-order valence-corrected chi connectivity index (χ1v) is 4.64.